The molecule has 3 rings (SSSR count). The lowest BCUT2D eigenvalue weighted by Crippen LogP contribution is -2.21. The highest BCUT2D eigenvalue weighted by molar-refractivity contribution is 6.34. The van der Waals surface area contributed by atoms with E-state index in [1.165, 1.54) is 0 Å². The number of halogens is 5. The first-order valence-electron chi connectivity index (χ1n) is 7.05. The van der Waals surface area contributed by atoms with Gasteiger partial charge in [-0.3, -0.25) is 4.79 Å². The van der Waals surface area contributed by atoms with Gasteiger partial charge in [-0.25, -0.2) is 0 Å². The van der Waals surface area contributed by atoms with Gasteiger partial charge in [-0.05, 0) is 42.5 Å². The summed E-state index contributed by atoms with van der Waals surface area (Å²) < 4.78 is 43.8. The van der Waals surface area contributed by atoms with Gasteiger partial charge in [-0.1, -0.05) is 23.2 Å². The molecule has 1 heterocycles. The fourth-order valence-corrected chi connectivity index (χ4v) is 2.62. The average Bonchev–Trinajstić information content (AvgIpc) is 2.55. The summed E-state index contributed by atoms with van der Waals surface area (Å²) in [5.41, 5.74) is -0.181. The van der Waals surface area contributed by atoms with Crippen molar-refractivity contribution in [1.82, 2.24) is 0 Å². The minimum atomic E-state index is -4.53. The maximum atomic E-state index is 12.8. The van der Waals surface area contributed by atoms with Crippen molar-refractivity contribution in [2.24, 2.45) is 0 Å². The first-order chi connectivity index (χ1) is 11.7. The zero-order valence-corrected chi connectivity index (χ0v) is 14.0. The second-order valence-corrected chi connectivity index (χ2v) is 6.13. The van der Waals surface area contributed by atoms with E-state index in [1.54, 1.807) is 24.3 Å². The average molecular weight is 388 g/mol. The first kappa shape index (κ1) is 17.6. The summed E-state index contributed by atoms with van der Waals surface area (Å²) in [5, 5.41) is 2.86. The fraction of sp³-hybridized carbons (Fsp3) is 0.118. The van der Waals surface area contributed by atoms with E-state index in [2.05, 4.69) is 5.32 Å². The minimum absolute atomic E-state index is 0.00197. The summed E-state index contributed by atoms with van der Waals surface area (Å²) in [6.45, 7) is -0.0168. The third kappa shape index (κ3) is 3.91. The van der Waals surface area contributed by atoms with E-state index in [0.29, 0.717) is 16.3 Å². The Kier molecular flexibility index (Phi) is 4.67. The van der Waals surface area contributed by atoms with Gasteiger partial charge in [0.1, 0.15) is 12.4 Å². The van der Waals surface area contributed by atoms with Gasteiger partial charge in [-0.2, -0.15) is 13.2 Å². The highest BCUT2D eigenvalue weighted by atomic mass is 35.5. The van der Waals surface area contributed by atoms with Crippen LogP contribution in [0.15, 0.2) is 42.0 Å². The van der Waals surface area contributed by atoms with Crippen LogP contribution in [0.4, 0.5) is 18.9 Å². The van der Waals surface area contributed by atoms with E-state index >= 15 is 0 Å². The van der Waals surface area contributed by atoms with Gasteiger partial charge in [0.15, 0.2) is 0 Å². The molecule has 8 heteroatoms. The number of alkyl halides is 3. The molecule has 0 saturated heterocycles. The molecule has 0 bridgehead atoms. The number of carbonyl (C=O) groups excluding carboxylic acids is 1. The van der Waals surface area contributed by atoms with Gasteiger partial charge in [0.2, 0.25) is 0 Å². The lowest BCUT2D eigenvalue weighted by atomic mass is 10.1. The van der Waals surface area contributed by atoms with Crippen molar-refractivity contribution in [2.75, 3.05) is 11.9 Å². The quantitative estimate of drug-likeness (QED) is 0.746. The molecule has 0 aliphatic carbocycles. The fourth-order valence-electron chi connectivity index (χ4n) is 2.28. The molecule has 0 radical (unpaired) electrons. The van der Waals surface area contributed by atoms with E-state index in [1.807, 2.05) is 0 Å². The van der Waals surface area contributed by atoms with E-state index in [-0.39, 0.29) is 22.9 Å². The molecule has 25 heavy (non-hydrogen) atoms. The number of carbonyl (C=O) groups is 1. The molecule has 0 fully saturated rings. The van der Waals surface area contributed by atoms with Crippen molar-refractivity contribution in [2.45, 2.75) is 6.18 Å². The normalized spacial score (nSPS) is 13.6. The molecule has 130 valence electrons. The molecule has 1 amide bonds. The molecule has 2 aromatic carbocycles. The monoisotopic (exact) mass is 387 g/mol. The third-order valence-corrected chi connectivity index (χ3v) is 4.08. The molecular formula is C17H10Cl2F3NO2. The van der Waals surface area contributed by atoms with Gasteiger partial charge in [0.25, 0.3) is 5.91 Å². The second kappa shape index (κ2) is 6.61. The number of rotatable bonds is 2. The topological polar surface area (TPSA) is 38.3 Å². The summed E-state index contributed by atoms with van der Waals surface area (Å²) in [6.07, 6.45) is -2.96. The van der Waals surface area contributed by atoms with Crippen molar-refractivity contribution in [3.8, 4) is 5.75 Å². The number of hydrogen-bond acceptors (Lipinski definition) is 2. The Bertz CT molecular complexity index is 879. The molecular weight excluding hydrogens is 378 g/mol. The molecule has 1 N–H and O–H groups in total. The van der Waals surface area contributed by atoms with Gasteiger partial charge < -0.3 is 10.1 Å². The Labute approximate surface area is 151 Å². The van der Waals surface area contributed by atoms with Gasteiger partial charge in [0.05, 0.1) is 21.8 Å². The second-order valence-electron chi connectivity index (χ2n) is 5.29. The van der Waals surface area contributed by atoms with Crippen LogP contribution in [-0.2, 0) is 11.0 Å². The zero-order valence-electron chi connectivity index (χ0n) is 12.5. The Hall–Kier alpha value is -2.18. The smallest absolute Gasteiger partial charge is 0.416 e. The Morgan fingerprint density at radius 3 is 2.60 bits per heavy atom. The predicted octanol–water partition coefficient (Wildman–Crippen LogP) is 5.43. The maximum Gasteiger partial charge on any atom is 0.416 e. The van der Waals surface area contributed by atoms with E-state index in [4.69, 9.17) is 27.9 Å². The van der Waals surface area contributed by atoms with Crippen LogP contribution in [0.25, 0.3) is 6.08 Å². The summed E-state index contributed by atoms with van der Waals surface area (Å²) in [5.74, 6) is -0.0371. The number of nitrogens with one attached hydrogen (secondary N) is 1. The molecule has 0 aromatic heterocycles. The standard InChI is InChI=1S/C17H10Cl2F3NO2/c18-12-2-4-15-9(6-12)5-10(8-25-15)16(24)23-14-7-11(17(20,21)22)1-3-13(14)19/h1-7H,8H2,(H,23,24). The number of benzene rings is 2. The van der Waals surface area contributed by atoms with Crippen LogP contribution in [0.3, 0.4) is 0 Å². The van der Waals surface area contributed by atoms with Crippen LogP contribution in [0.1, 0.15) is 11.1 Å². The molecule has 0 atom stereocenters. The molecule has 1 aliphatic heterocycles. The first-order valence-corrected chi connectivity index (χ1v) is 7.80. The Morgan fingerprint density at radius 1 is 1.12 bits per heavy atom. The molecule has 0 spiro atoms. The third-order valence-electron chi connectivity index (χ3n) is 3.52. The van der Waals surface area contributed by atoms with Crippen LogP contribution in [0.2, 0.25) is 10.0 Å². The molecule has 2 aromatic rings. The van der Waals surface area contributed by atoms with Gasteiger partial charge >= 0.3 is 6.18 Å². The SMILES string of the molecule is O=C(Nc1cc(C(F)(F)F)ccc1Cl)C1=Cc2cc(Cl)ccc2OC1. The van der Waals surface area contributed by atoms with E-state index in [0.717, 1.165) is 18.2 Å². The predicted molar refractivity (Wildman–Crippen MR) is 90.0 cm³/mol. The van der Waals surface area contributed by atoms with Gasteiger partial charge in [0, 0.05) is 10.6 Å². The van der Waals surface area contributed by atoms with Crippen molar-refractivity contribution in [1.29, 1.82) is 0 Å². The lowest BCUT2D eigenvalue weighted by Gasteiger charge is -2.18. The number of fused-ring (bicyclic) bond motifs is 1. The van der Waals surface area contributed by atoms with Crippen LogP contribution in [-0.4, -0.2) is 12.5 Å². The van der Waals surface area contributed by atoms with Crippen molar-refractivity contribution in [3.05, 3.63) is 63.1 Å². The van der Waals surface area contributed by atoms with E-state index < -0.39 is 17.6 Å². The molecule has 0 saturated carbocycles. The van der Waals surface area contributed by atoms with Crippen molar-refractivity contribution < 1.29 is 22.7 Å². The van der Waals surface area contributed by atoms with Crippen LogP contribution < -0.4 is 10.1 Å². The van der Waals surface area contributed by atoms with Crippen molar-refractivity contribution >= 4 is 40.9 Å². The minimum Gasteiger partial charge on any atom is -0.488 e. The molecule has 1 aliphatic rings. The van der Waals surface area contributed by atoms with E-state index in [9.17, 15) is 18.0 Å². The Morgan fingerprint density at radius 2 is 1.88 bits per heavy atom. The maximum absolute atomic E-state index is 12.8. The molecule has 3 nitrogen and oxygen atoms in total. The number of anilines is 1. The van der Waals surface area contributed by atoms with Crippen LogP contribution in [0, 0.1) is 0 Å². The highest BCUT2D eigenvalue weighted by Gasteiger charge is 2.31. The largest absolute Gasteiger partial charge is 0.488 e. The Balaban J connectivity index is 1.86. The van der Waals surface area contributed by atoms with Crippen LogP contribution in [0.5, 0.6) is 5.75 Å². The van der Waals surface area contributed by atoms with Gasteiger partial charge in [-0.15, -0.1) is 0 Å². The summed E-state index contributed by atoms with van der Waals surface area (Å²) in [7, 11) is 0. The van der Waals surface area contributed by atoms with Crippen LogP contribution >= 0.6 is 23.2 Å². The number of ether oxygens (including phenoxy) is 1. The summed E-state index contributed by atoms with van der Waals surface area (Å²) in [6, 6.07) is 7.67. The summed E-state index contributed by atoms with van der Waals surface area (Å²) in [4.78, 5) is 12.3. The summed E-state index contributed by atoms with van der Waals surface area (Å²) >= 11 is 11.8. The highest BCUT2D eigenvalue weighted by Crippen LogP contribution is 2.34. The number of amides is 1. The zero-order chi connectivity index (χ0) is 18.2. The molecule has 0 unspecified atom stereocenters. The number of hydrogen-bond donors (Lipinski definition) is 1. The van der Waals surface area contributed by atoms with Crippen molar-refractivity contribution in [3.63, 3.8) is 0 Å². The lowest BCUT2D eigenvalue weighted by molar-refractivity contribution is -0.137.